The van der Waals surface area contributed by atoms with E-state index in [0.29, 0.717) is 0 Å². The summed E-state index contributed by atoms with van der Waals surface area (Å²) in [4.78, 5) is 18.4. The van der Waals surface area contributed by atoms with Crippen molar-refractivity contribution in [2.24, 2.45) is 0 Å². The van der Waals surface area contributed by atoms with Crippen LogP contribution in [0.1, 0.15) is 16.2 Å². The van der Waals surface area contributed by atoms with Gasteiger partial charge in [-0.15, -0.1) is 0 Å². The molecule has 3 heterocycles. The largest absolute Gasteiger partial charge is 0.476 e. The first-order valence-corrected chi connectivity index (χ1v) is 5.55. The minimum Gasteiger partial charge on any atom is -0.476 e. The molecule has 3 aromatic rings. The second-order valence-corrected chi connectivity index (χ2v) is 4.08. The lowest BCUT2D eigenvalue weighted by molar-refractivity contribution is -0.141. The van der Waals surface area contributed by atoms with E-state index in [2.05, 4.69) is 15.1 Å². The van der Waals surface area contributed by atoms with Gasteiger partial charge in [-0.05, 0) is 0 Å². The Morgan fingerprint density at radius 3 is 2.67 bits per heavy atom. The molecule has 0 bridgehead atoms. The van der Waals surface area contributed by atoms with Crippen molar-refractivity contribution in [1.29, 1.82) is 0 Å². The van der Waals surface area contributed by atoms with Gasteiger partial charge in [0.2, 0.25) is 0 Å². The Morgan fingerprint density at radius 1 is 1.29 bits per heavy atom. The molecule has 3 aromatic heterocycles. The third kappa shape index (κ3) is 2.20. The van der Waals surface area contributed by atoms with Gasteiger partial charge in [0.15, 0.2) is 17.2 Å². The molecule has 0 aliphatic heterocycles. The molecule has 7 nitrogen and oxygen atoms in total. The van der Waals surface area contributed by atoms with Crippen LogP contribution in [-0.2, 0) is 6.18 Å². The average Bonchev–Trinajstić information content (AvgIpc) is 3.04. The molecule has 10 heteroatoms. The summed E-state index contributed by atoms with van der Waals surface area (Å²) in [6.07, 6.45) is 0.264. The highest BCUT2D eigenvalue weighted by Crippen LogP contribution is 2.29. The van der Waals surface area contributed by atoms with Crippen LogP contribution in [0.25, 0.3) is 11.3 Å². The predicted octanol–water partition coefficient (Wildman–Crippen LogP) is 1.63. The zero-order chi connectivity index (χ0) is 15.2. The number of aromatic carboxylic acids is 1. The molecular weight excluding hydrogens is 291 g/mol. The molecule has 3 rings (SSSR count). The minimum absolute atomic E-state index is 0.0826. The fraction of sp³-hybridized carbons (Fsp3) is 0.0909. The summed E-state index contributed by atoms with van der Waals surface area (Å²) in [5.41, 5.74) is -1.22. The lowest BCUT2D eigenvalue weighted by atomic mass is 10.3. The molecule has 0 aliphatic carbocycles. The van der Waals surface area contributed by atoms with Crippen molar-refractivity contribution in [3.8, 4) is 5.82 Å². The van der Waals surface area contributed by atoms with Gasteiger partial charge in [0, 0.05) is 24.7 Å². The third-order valence-electron chi connectivity index (χ3n) is 2.71. The molecule has 0 saturated heterocycles. The molecule has 108 valence electrons. The van der Waals surface area contributed by atoms with Crippen LogP contribution in [0.3, 0.4) is 0 Å². The molecule has 1 N–H and O–H groups in total. The maximum absolute atomic E-state index is 12.7. The maximum atomic E-state index is 12.7. The number of nitrogens with zero attached hydrogens (tertiary/aromatic N) is 5. The van der Waals surface area contributed by atoms with E-state index in [1.165, 1.54) is 17.0 Å². The van der Waals surface area contributed by atoms with Crippen LogP contribution in [0.4, 0.5) is 13.2 Å². The minimum atomic E-state index is -4.58. The maximum Gasteiger partial charge on any atom is 0.435 e. The number of carboxylic acids is 1. The summed E-state index contributed by atoms with van der Waals surface area (Å²) in [5.74, 6) is -1.15. The second-order valence-electron chi connectivity index (χ2n) is 4.08. The molecule has 0 aromatic carbocycles. The van der Waals surface area contributed by atoms with Gasteiger partial charge in [-0.2, -0.15) is 18.3 Å². The number of aromatic nitrogens is 5. The van der Waals surface area contributed by atoms with E-state index in [0.717, 1.165) is 23.1 Å². The van der Waals surface area contributed by atoms with Gasteiger partial charge in [-0.3, -0.25) is 4.57 Å². The molecule has 0 radical (unpaired) electrons. The number of hydrogen-bond acceptors (Lipinski definition) is 4. The van der Waals surface area contributed by atoms with Crippen molar-refractivity contribution in [3.05, 3.63) is 42.4 Å². The highest BCUT2D eigenvalue weighted by Gasteiger charge is 2.34. The fourth-order valence-electron chi connectivity index (χ4n) is 1.79. The van der Waals surface area contributed by atoms with E-state index in [-0.39, 0.29) is 17.0 Å². The molecule has 0 spiro atoms. The standard InChI is InChI=1S/C11H6F3N5O2/c12-11(13,14)8-3-7-9(15-1-2-19(7)17-8)18-4-6(10(20)21)16-5-18/h1-5H,(H,20,21). The normalized spacial score (nSPS) is 12.0. The molecule has 0 aliphatic rings. The van der Waals surface area contributed by atoms with Gasteiger partial charge < -0.3 is 5.11 Å². The number of carboxylic acid groups (broad SMARTS) is 1. The molecule has 21 heavy (non-hydrogen) atoms. The number of carbonyl (C=O) groups is 1. The van der Waals surface area contributed by atoms with Crippen LogP contribution in [0.15, 0.2) is 31.0 Å². The molecule has 0 atom stereocenters. The van der Waals surface area contributed by atoms with Crippen LogP contribution in [0.2, 0.25) is 0 Å². The Hall–Kier alpha value is -2.91. The molecule has 0 unspecified atom stereocenters. The van der Waals surface area contributed by atoms with Gasteiger partial charge >= 0.3 is 12.1 Å². The summed E-state index contributed by atoms with van der Waals surface area (Å²) in [5, 5.41) is 12.2. The zero-order valence-electron chi connectivity index (χ0n) is 10.1. The van der Waals surface area contributed by atoms with Crippen molar-refractivity contribution in [3.63, 3.8) is 0 Å². The smallest absolute Gasteiger partial charge is 0.435 e. The van der Waals surface area contributed by atoms with E-state index in [4.69, 9.17) is 5.11 Å². The summed E-state index contributed by atoms with van der Waals surface area (Å²) in [6.45, 7) is 0. The van der Waals surface area contributed by atoms with Crippen molar-refractivity contribution in [2.45, 2.75) is 6.18 Å². The first-order valence-electron chi connectivity index (χ1n) is 5.55. The van der Waals surface area contributed by atoms with Gasteiger partial charge in [0.25, 0.3) is 0 Å². The summed E-state index contributed by atoms with van der Waals surface area (Å²) >= 11 is 0. The molecule has 0 fully saturated rings. The lowest BCUT2D eigenvalue weighted by Gasteiger charge is -2.02. The van der Waals surface area contributed by atoms with Gasteiger partial charge in [-0.25, -0.2) is 19.3 Å². The van der Waals surface area contributed by atoms with Crippen molar-refractivity contribution in [1.82, 2.24) is 24.1 Å². The Bertz CT molecular complexity index is 836. The first kappa shape index (κ1) is 13.1. The summed E-state index contributed by atoms with van der Waals surface area (Å²) < 4.78 is 40.3. The number of imidazole rings is 1. The number of alkyl halides is 3. The highest BCUT2D eigenvalue weighted by molar-refractivity contribution is 5.85. The van der Waals surface area contributed by atoms with E-state index in [1.807, 2.05) is 0 Å². The Morgan fingerprint density at radius 2 is 2.05 bits per heavy atom. The van der Waals surface area contributed by atoms with Crippen LogP contribution in [0, 0.1) is 0 Å². The van der Waals surface area contributed by atoms with Crippen molar-refractivity contribution < 1.29 is 23.1 Å². The third-order valence-corrected chi connectivity index (χ3v) is 2.71. The quantitative estimate of drug-likeness (QED) is 0.777. The monoisotopic (exact) mass is 297 g/mol. The van der Waals surface area contributed by atoms with Crippen molar-refractivity contribution >= 4 is 11.5 Å². The van der Waals surface area contributed by atoms with E-state index < -0.39 is 17.8 Å². The number of hydrogen-bond donors (Lipinski definition) is 1. The van der Waals surface area contributed by atoms with E-state index in [1.54, 1.807) is 0 Å². The van der Waals surface area contributed by atoms with Crippen molar-refractivity contribution in [2.75, 3.05) is 0 Å². The average molecular weight is 297 g/mol. The zero-order valence-corrected chi connectivity index (χ0v) is 10.1. The number of rotatable bonds is 2. The van der Waals surface area contributed by atoms with Crippen LogP contribution < -0.4 is 0 Å². The van der Waals surface area contributed by atoms with Crippen LogP contribution in [0.5, 0.6) is 0 Å². The van der Waals surface area contributed by atoms with Gasteiger partial charge in [0.1, 0.15) is 11.8 Å². The van der Waals surface area contributed by atoms with E-state index >= 15 is 0 Å². The number of halogens is 3. The van der Waals surface area contributed by atoms with Gasteiger partial charge in [0.05, 0.1) is 0 Å². The van der Waals surface area contributed by atoms with Crippen LogP contribution in [-0.4, -0.2) is 35.2 Å². The van der Waals surface area contributed by atoms with Crippen LogP contribution >= 0.6 is 0 Å². The summed E-state index contributed by atoms with van der Waals surface area (Å²) in [6, 6.07) is 0.836. The highest BCUT2D eigenvalue weighted by atomic mass is 19.4. The molecular formula is C11H6F3N5O2. The second kappa shape index (κ2) is 4.30. The Labute approximate surface area is 114 Å². The molecule has 0 amide bonds. The van der Waals surface area contributed by atoms with Gasteiger partial charge in [-0.1, -0.05) is 0 Å². The Balaban J connectivity index is 2.18. The Kier molecular flexibility index (Phi) is 2.68. The lowest BCUT2D eigenvalue weighted by Crippen LogP contribution is -2.05. The topological polar surface area (TPSA) is 85.3 Å². The summed E-state index contributed by atoms with van der Waals surface area (Å²) in [7, 11) is 0. The van der Waals surface area contributed by atoms with E-state index in [9.17, 15) is 18.0 Å². The SMILES string of the molecule is O=C(O)c1cn(-c2nccn3nc(C(F)(F)F)cc23)cn1. The fourth-order valence-corrected chi connectivity index (χ4v) is 1.79. The predicted molar refractivity (Wildman–Crippen MR) is 62.1 cm³/mol. The number of fused-ring (bicyclic) bond motifs is 1. The molecule has 0 saturated carbocycles. The first-order chi connectivity index (χ1) is 9.86.